The van der Waals surface area contributed by atoms with E-state index in [0.29, 0.717) is 24.3 Å². The van der Waals surface area contributed by atoms with Crippen LogP contribution < -0.4 is 25.4 Å². The number of nitrogens with one attached hydrogen (secondary N) is 4. The zero-order valence-electron chi connectivity index (χ0n) is 22.9. The summed E-state index contributed by atoms with van der Waals surface area (Å²) in [6.45, 7) is 0.290. The van der Waals surface area contributed by atoms with Gasteiger partial charge in [-0.25, -0.2) is 0 Å². The minimum atomic E-state index is -0.722. The molecule has 0 spiro atoms. The Balaban J connectivity index is 1.20. The summed E-state index contributed by atoms with van der Waals surface area (Å²) in [5, 5.41) is 17.2. The molecule has 4 aliphatic rings. The standard InChI is InChI=1S/C31H40N4O4/c1-38-26-9-8-21(14-27(26)39-2)19-33-29(37)25(13-20-6-4-3-5-7-20)34-30(32)35-28(36)18-31-15-22-10-23(16-31)12-24(11-22)17-31/h3-9,14,22-25H,10-13,15-19H2,1-2H3,(H,33,37)(H3,32,34,35,36)/t22?,23?,24?,25-,31?/m1/s1. The van der Waals surface area contributed by atoms with Crippen molar-refractivity contribution in [1.82, 2.24) is 16.0 Å². The average molecular weight is 533 g/mol. The minimum absolute atomic E-state index is 0.0966. The van der Waals surface area contributed by atoms with Gasteiger partial charge in [0.25, 0.3) is 0 Å². The zero-order chi connectivity index (χ0) is 27.4. The Labute approximate surface area is 230 Å². The minimum Gasteiger partial charge on any atom is -0.493 e. The first-order valence-electron chi connectivity index (χ1n) is 14.0. The molecule has 8 nitrogen and oxygen atoms in total. The molecule has 39 heavy (non-hydrogen) atoms. The van der Waals surface area contributed by atoms with Crippen molar-refractivity contribution in [2.24, 2.45) is 23.2 Å². The maximum atomic E-state index is 13.3. The number of amides is 2. The van der Waals surface area contributed by atoms with Crippen molar-refractivity contribution in [3.63, 3.8) is 0 Å². The number of benzene rings is 2. The van der Waals surface area contributed by atoms with Gasteiger partial charge < -0.3 is 20.1 Å². The molecule has 1 atom stereocenters. The lowest BCUT2D eigenvalue weighted by Crippen LogP contribution is -2.53. The number of carbonyl (C=O) groups excluding carboxylic acids is 2. The summed E-state index contributed by atoms with van der Waals surface area (Å²) in [6.07, 6.45) is 8.27. The second-order valence-electron chi connectivity index (χ2n) is 11.8. The SMILES string of the molecule is COc1ccc(CNC(=O)[C@@H](Cc2ccccc2)NC(=N)NC(=O)CC23CC4CC(CC(C4)C2)C3)cc1OC. The van der Waals surface area contributed by atoms with Crippen LogP contribution in [-0.2, 0) is 22.6 Å². The number of rotatable bonds is 10. The summed E-state index contributed by atoms with van der Waals surface area (Å²) >= 11 is 0. The molecule has 6 rings (SSSR count). The molecule has 2 aromatic carbocycles. The van der Waals surface area contributed by atoms with E-state index in [1.165, 1.54) is 19.3 Å². The van der Waals surface area contributed by atoms with Gasteiger partial charge in [-0.05, 0) is 85.0 Å². The normalized spacial score (nSPS) is 25.4. The Hall–Kier alpha value is -3.55. The lowest BCUT2D eigenvalue weighted by Gasteiger charge is -2.56. The molecule has 0 aliphatic heterocycles. The van der Waals surface area contributed by atoms with Crippen molar-refractivity contribution >= 4 is 17.8 Å². The third-order valence-corrected chi connectivity index (χ3v) is 8.80. The number of hydrogen-bond acceptors (Lipinski definition) is 5. The molecule has 4 aliphatic carbocycles. The van der Waals surface area contributed by atoms with Gasteiger partial charge in [-0.1, -0.05) is 36.4 Å². The highest BCUT2D eigenvalue weighted by Gasteiger charge is 2.51. The van der Waals surface area contributed by atoms with Crippen LogP contribution in [0.15, 0.2) is 48.5 Å². The summed E-state index contributed by atoms with van der Waals surface area (Å²) in [6, 6.07) is 14.4. The molecule has 2 amide bonds. The smallest absolute Gasteiger partial charge is 0.243 e. The topological polar surface area (TPSA) is 113 Å². The van der Waals surface area contributed by atoms with E-state index in [2.05, 4.69) is 16.0 Å². The van der Waals surface area contributed by atoms with E-state index in [-0.39, 0.29) is 29.7 Å². The van der Waals surface area contributed by atoms with Gasteiger partial charge in [-0.3, -0.25) is 20.3 Å². The zero-order valence-corrected chi connectivity index (χ0v) is 22.9. The van der Waals surface area contributed by atoms with Crippen LogP contribution in [0.5, 0.6) is 11.5 Å². The van der Waals surface area contributed by atoms with Crippen LogP contribution in [0.1, 0.15) is 56.1 Å². The molecule has 4 bridgehead atoms. The molecular weight excluding hydrogens is 492 g/mol. The highest BCUT2D eigenvalue weighted by atomic mass is 16.5. The van der Waals surface area contributed by atoms with Gasteiger partial charge in [0.2, 0.25) is 11.8 Å². The van der Waals surface area contributed by atoms with Crippen LogP contribution >= 0.6 is 0 Å². The van der Waals surface area contributed by atoms with Crippen molar-refractivity contribution in [3.05, 3.63) is 59.7 Å². The van der Waals surface area contributed by atoms with Gasteiger partial charge >= 0.3 is 0 Å². The fourth-order valence-corrected chi connectivity index (χ4v) is 7.60. The van der Waals surface area contributed by atoms with Crippen molar-refractivity contribution in [2.75, 3.05) is 14.2 Å². The fourth-order valence-electron chi connectivity index (χ4n) is 7.60. The molecule has 4 saturated carbocycles. The summed E-state index contributed by atoms with van der Waals surface area (Å²) in [5.74, 6) is 3.00. The van der Waals surface area contributed by atoms with Gasteiger partial charge in [0.05, 0.1) is 14.2 Å². The van der Waals surface area contributed by atoms with Crippen molar-refractivity contribution in [3.8, 4) is 11.5 Å². The van der Waals surface area contributed by atoms with E-state index in [1.54, 1.807) is 20.3 Å². The Morgan fingerprint density at radius 1 is 0.923 bits per heavy atom. The lowest BCUT2D eigenvalue weighted by atomic mass is 9.49. The second-order valence-corrected chi connectivity index (χ2v) is 11.8. The molecule has 8 heteroatoms. The third kappa shape index (κ3) is 6.54. The Morgan fingerprint density at radius 3 is 2.18 bits per heavy atom. The molecular formula is C31H40N4O4. The Morgan fingerprint density at radius 2 is 1.56 bits per heavy atom. The van der Waals surface area contributed by atoms with E-state index >= 15 is 0 Å². The number of guanidine groups is 1. The maximum absolute atomic E-state index is 13.3. The predicted molar refractivity (Wildman–Crippen MR) is 150 cm³/mol. The quantitative estimate of drug-likeness (QED) is 0.271. The molecule has 208 valence electrons. The van der Waals surface area contributed by atoms with Crippen molar-refractivity contribution < 1.29 is 19.1 Å². The maximum Gasteiger partial charge on any atom is 0.243 e. The second kappa shape index (κ2) is 11.7. The lowest BCUT2D eigenvalue weighted by molar-refractivity contribution is -0.128. The van der Waals surface area contributed by atoms with Gasteiger partial charge in [0, 0.05) is 19.4 Å². The largest absolute Gasteiger partial charge is 0.493 e. The summed E-state index contributed by atoms with van der Waals surface area (Å²) in [5.41, 5.74) is 1.92. The van der Waals surface area contributed by atoms with Crippen LogP contribution in [0.3, 0.4) is 0 Å². The van der Waals surface area contributed by atoms with Gasteiger partial charge in [-0.15, -0.1) is 0 Å². The highest BCUT2D eigenvalue weighted by Crippen LogP contribution is 2.61. The van der Waals surface area contributed by atoms with E-state index in [0.717, 1.165) is 48.1 Å². The van der Waals surface area contributed by atoms with Gasteiger partial charge in [0.1, 0.15) is 6.04 Å². The molecule has 2 aromatic rings. The van der Waals surface area contributed by atoms with E-state index in [4.69, 9.17) is 14.9 Å². The molecule has 4 fully saturated rings. The Kier molecular flexibility index (Phi) is 8.10. The third-order valence-electron chi connectivity index (χ3n) is 8.80. The monoisotopic (exact) mass is 532 g/mol. The van der Waals surface area contributed by atoms with Crippen LogP contribution in [0, 0.1) is 28.6 Å². The van der Waals surface area contributed by atoms with E-state index in [1.807, 2.05) is 42.5 Å². The number of hydrogen-bond donors (Lipinski definition) is 4. The Bertz CT molecular complexity index is 1160. The first-order valence-corrected chi connectivity index (χ1v) is 14.0. The molecule has 0 unspecified atom stereocenters. The number of methoxy groups -OCH3 is 2. The van der Waals surface area contributed by atoms with Crippen molar-refractivity contribution in [1.29, 1.82) is 5.41 Å². The molecule has 0 radical (unpaired) electrons. The molecule has 0 heterocycles. The first kappa shape index (κ1) is 27.0. The van der Waals surface area contributed by atoms with Gasteiger partial charge in [0.15, 0.2) is 17.5 Å². The van der Waals surface area contributed by atoms with Crippen LogP contribution in [0.2, 0.25) is 0 Å². The van der Waals surface area contributed by atoms with Crippen LogP contribution in [0.4, 0.5) is 0 Å². The van der Waals surface area contributed by atoms with Gasteiger partial charge in [-0.2, -0.15) is 0 Å². The summed E-state index contributed by atoms with van der Waals surface area (Å²) in [4.78, 5) is 26.3. The molecule has 4 N–H and O–H groups in total. The van der Waals surface area contributed by atoms with E-state index < -0.39 is 6.04 Å². The number of ether oxygens (including phenoxy) is 2. The summed E-state index contributed by atoms with van der Waals surface area (Å²) in [7, 11) is 3.15. The first-order chi connectivity index (χ1) is 18.8. The predicted octanol–water partition coefficient (Wildman–Crippen LogP) is 4.18. The molecule has 0 saturated heterocycles. The van der Waals surface area contributed by atoms with E-state index in [9.17, 15) is 9.59 Å². The molecule has 0 aromatic heterocycles. The van der Waals surface area contributed by atoms with Crippen LogP contribution in [0.25, 0.3) is 0 Å². The fraction of sp³-hybridized carbons (Fsp3) is 0.516. The van der Waals surface area contributed by atoms with Crippen LogP contribution in [-0.4, -0.2) is 38.0 Å². The average Bonchev–Trinajstić information content (AvgIpc) is 2.90. The number of carbonyl (C=O) groups is 2. The van der Waals surface area contributed by atoms with Crippen molar-refractivity contribution in [2.45, 2.75) is 64.0 Å². The highest BCUT2D eigenvalue weighted by molar-refractivity contribution is 5.97. The summed E-state index contributed by atoms with van der Waals surface area (Å²) < 4.78 is 10.7.